The van der Waals surface area contributed by atoms with Gasteiger partial charge in [0, 0.05) is 6.20 Å². The van der Waals surface area contributed by atoms with Crippen LogP contribution in [0.25, 0.3) is 0 Å². The van der Waals surface area contributed by atoms with Crippen LogP contribution in [0, 0.1) is 5.41 Å². The molecule has 0 spiro atoms. The van der Waals surface area contributed by atoms with E-state index in [1.807, 2.05) is 10.9 Å². The van der Waals surface area contributed by atoms with E-state index in [4.69, 9.17) is 4.74 Å². The molecule has 3 rings (SSSR count). The summed E-state index contributed by atoms with van der Waals surface area (Å²) in [7, 11) is 1.44. The highest BCUT2D eigenvalue weighted by atomic mass is 79.9. The number of hydrogen-bond acceptors (Lipinski definition) is 3. The molecule has 0 unspecified atom stereocenters. The Kier molecular flexibility index (Phi) is 1.34. The molecule has 2 fully saturated rings. The van der Waals surface area contributed by atoms with Crippen molar-refractivity contribution in [2.75, 3.05) is 7.11 Å². The first-order valence-electron chi connectivity index (χ1n) is 4.44. The molecular formula is C9H9BrN2O2. The van der Waals surface area contributed by atoms with Crippen molar-refractivity contribution in [1.82, 2.24) is 9.78 Å². The molecule has 2 saturated carbocycles. The van der Waals surface area contributed by atoms with Gasteiger partial charge in [0.05, 0.1) is 28.7 Å². The van der Waals surface area contributed by atoms with E-state index in [1.165, 1.54) is 7.11 Å². The molecule has 0 N–H and O–H groups in total. The molecule has 1 heterocycles. The minimum absolute atomic E-state index is 0.0495. The summed E-state index contributed by atoms with van der Waals surface area (Å²) in [6, 6.07) is 0. The fourth-order valence-electron chi connectivity index (χ4n) is 2.30. The summed E-state index contributed by atoms with van der Waals surface area (Å²) in [6.07, 6.45) is 5.41. The number of carbonyl (C=O) groups is 1. The number of nitrogens with zero attached hydrogens (tertiary/aromatic N) is 2. The lowest BCUT2D eigenvalue weighted by atomic mass is 10.2. The molecule has 0 aliphatic heterocycles. The van der Waals surface area contributed by atoms with Crippen LogP contribution in [0.3, 0.4) is 0 Å². The van der Waals surface area contributed by atoms with Gasteiger partial charge in [-0.3, -0.25) is 9.48 Å². The van der Waals surface area contributed by atoms with Gasteiger partial charge < -0.3 is 4.74 Å². The Hall–Kier alpha value is -0.840. The van der Waals surface area contributed by atoms with E-state index in [1.54, 1.807) is 6.20 Å². The summed E-state index contributed by atoms with van der Waals surface area (Å²) in [6.45, 7) is 0. The van der Waals surface area contributed by atoms with E-state index in [-0.39, 0.29) is 16.9 Å². The molecule has 4 nitrogen and oxygen atoms in total. The molecule has 2 aliphatic rings. The molecule has 74 valence electrons. The quantitative estimate of drug-likeness (QED) is 0.750. The van der Waals surface area contributed by atoms with Gasteiger partial charge >= 0.3 is 5.97 Å². The van der Waals surface area contributed by atoms with Crippen LogP contribution in [0.2, 0.25) is 0 Å². The molecule has 1 aromatic heterocycles. The molecule has 0 aromatic carbocycles. The zero-order chi connectivity index (χ0) is 9.97. The second kappa shape index (κ2) is 2.21. The van der Waals surface area contributed by atoms with Crippen LogP contribution < -0.4 is 0 Å². The summed E-state index contributed by atoms with van der Waals surface area (Å²) >= 11 is 3.34. The summed E-state index contributed by atoms with van der Waals surface area (Å²) in [5, 5.41) is 4.21. The number of halogens is 1. The van der Waals surface area contributed by atoms with E-state index in [2.05, 4.69) is 21.0 Å². The van der Waals surface area contributed by atoms with Crippen LogP contribution >= 0.6 is 15.9 Å². The molecule has 14 heavy (non-hydrogen) atoms. The van der Waals surface area contributed by atoms with Crippen molar-refractivity contribution in [2.24, 2.45) is 5.41 Å². The minimum atomic E-state index is -0.243. The highest BCUT2D eigenvalue weighted by molar-refractivity contribution is 9.10. The maximum atomic E-state index is 11.4. The highest BCUT2D eigenvalue weighted by Gasteiger charge is 2.90. The fraction of sp³-hybridized carbons (Fsp3) is 0.556. The Morgan fingerprint density at radius 1 is 1.71 bits per heavy atom. The minimum Gasteiger partial charge on any atom is -0.469 e. The van der Waals surface area contributed by atoms with Crippen LogP contribution in [0.15, 0.2) is 16.9 Å². The van der Waals surface area contributed by atoms with E-state index in [0.717, 1.165) is 17.3 Å². The lowest BCUT2D eigenvalue weighted by Crippen LogP contribution is -2.10. The standard InChI is InChI=1S/C9H9BrN2O2/c1-14-7(13)8-4-9(8,5-8)12-3-6(10)2-11-12/h2-3H,4-5H2,1H3. The Balaban J connectivity index is 1.90. The normalized spacial score (nSPS) is 37.6. The fourth-order valence-corrected chi connectivity index (χ4v) is 2.59. The lowest BCUT2D eigenvalue weighted by Gasteiger charge is -2.00. The molecule has 0 atom stereocenters. The zero-order valence-corrected chi connectivity index (χ0v) is 9.24. The molecule has 2 aliphatic carbocycles. The highest BCUT2D eigenvalue weighted by Crippen LogP contribution is 2.83. The van der Waals surface area contributed by atoms with E-state index in [9.17, 15) is 4.79 Å². The lowest BCUT2D eigenvalue weighted by molar-refractivity contribution is -0.144. The Morgan fingerprint density at radius 2 is 2.43 bits per heavy atom. The number of hydrogen-bond donors (Lipinski definition) is 0. The maximum absolute atomic E-state index is 11.4. The first-order valence-corrected chi connectivity index (χ1v) is 5.23. The van der Waals surface area contributed by atoms with E-state index in [0.29, 0.717) is 0 Å². The van der Waals surface area contributed by atoms with Crippen LogP contribution in [0.5, 0.6) is 0 Å². The number of aromatic nitrogens is 2. The van der Waals surface area contributed by atoms with Crippen LogP contribution in [0.4, 0.5) is 0 Å². The second-order valence-corrected chi connectivity index (χ2v) is 4.98. The van der Waals surface area contributed by atoms with Crippen LogP contribution in [-0.4, -0.2) is 22.9 Å². The third-order valence-corrected chi connectivity index (χ3v) is 3.80. The molecule has 1 aromatic rings. The number of carbonyl (C=O) groups excluding carboxylic acids is 1. The SMILES string of the molecule is COC(=O)C12CC1(n1cc(Br)cn1)C2. The first-order chi connectivity index (χ1) is 6.64. The topological polar surface area (TPSA) is 44.1 Å². The number of ether oxygens (including phenoxy) is 1. The van der Waals surface area contributed by atoms with Crippen molar-refractivity contribution in [3.05, 3.63) is 16.9 Å². The Labute approximate surface area is 89.4 Å². The van der Waals surface area contributed by atoms with Crippen LogP contribution in [0.1, 0.15) is 12.8 Å². The number of esters is 1. The van der Waals surface area contributed by atoms with Gasteiger partial charge in [-0.05, 0) is 28.8 Å². The van der Waals surface area contributed by atoms with Gasteiger partial charge in [0.1, 0.15) is 0 Å². The van der Waals surface area contributed by atoms with Crippen molar-refractivity contribution in [3.63, 3.8) is 0 Å². The molecule has 0 amide bonds. The van der Waals surface area contributed by atoms with Gasteiger partial charge in [-0.1, -0.05) is 0 Å². The van der Waals surface area contributed by atoms with Crippen molar-refractivity contribution >= 4 is 21.9 Å². The van der Waals surface area contributed by atoms with E-state index < -0.39 is 0 Å². The second-order valence-electron chi connectivity index (χ2n) is 4.06. The number of methoxy groups -OCH3 is 1. The van der Waals surface area contributed by atoms with Gasteiger partial charge in [0.15, 0.2) is 0 Å². The average molecular weight is 257 g/mol. The smallest absolute Gasteiger partial charge is 0.314 e. The van der Waals surface area contributed by atoms with Gasteiger partial charge in [-0.25, -0.2) is 0 Å². The van der Waals surface area contributed by atoms with Crippen molar-refractivity contribution < 1.29 is 9.53 Å². The van der Waals surface area contributed by atoms with Gasteiger partial charge in [-0.2, -0.15) is 5.10 Å². The monoisotopic (exact) mass is 256 g/mol. The summed E-state index contributed by atoms with van der Waals surface area (Å²) < 4.78 is 7.61. The van der Waals surface area contributed by atoms with Gasteiger partial charge in [-0.15, -0.1) is 0 Å². The third-order valence-electron chi connectivity index (χ3n) is 3.39. The molecule has 0 saturated heterocycles. The molecular weight excluding hydrogens is 248 g/mol. The Morgan fingerprint density at radius 3 is 2.93 bits per heavy atom. The number of fused-ring (bicyclic) bond motifs is 1. The predicted octanol–water partition coefficient (Wildman–Crippen LogP) is 1.31. The number of rotatable bonds is 2. The average Bonchev–Trinajstić information content (AvgIpc) is 2.91. The summed E-state index contributed by atoms with van der Waals surface area (Å²) in [5.74, 6) is -0.0934. The van der Waals surface area contributed by atoms with Crippen molar-refractivity contribution in [3.8, 4) is 0 Å². The molecule has 5 heteroatoms. The first kappa shape index (κ1) is 8.47. The maximum Gasteiger partial charge on any atom is 0.314 e. The van der Waals surface area contributed by atoms with Crippen molar-refractivity contribution in [2.45, 2.75) is 18.4 Å². The van der Waals surface area contributed by atoms with E-state index >= 15 is 0 Å². The summed E-state index contributed by atoms with van der Waals surface area (Å²) in [5.41, 5.74) is -0.292. The molecule has 0 bridgehead atoms. The zero-order valence-electron chi connectivity index (χ0n) is 7.66. The third kappa shape index (κ3) is 0.751. The Bertz CT molecular complexity index is 420. The van der Waals surface area contributed by atoms with Gasteiger partial charge in [0.25, 0.3) is 0 Å². The largest absolute Gasteiger partial charge is 0.469 e. The van der Waals surface area contributed by atoms with Crippen LogP contribution in [-0.2, 0) is 15.1 Å². The predicted molar refractivity (Wildman–Crippen MR) is 51.6 cm³/mol. The molecule has 0 radical (unpaired) electrons. The van der Waals surface area contributed by atoms with Crippen molar-refractivity contribution in [1.29, 1.82) is 0 Å². The summed E-state index contributed by atoms with van der Waals surface area (Å²) in [4.78, 5) is 11.4. The van der Waals surface area contributed by atoms with Gasteiger partial charge in [0.2, 0.25) is 0 Å².